The second-order valence-corrected chi connectivity index (χ2v) is 6.12. The molecule has 0 fully saturated rings. The van der Waals surface area contributed by atoms with Gasteiger partial charge in [-0.3, -0.25) is 0 Å². The molecule has 2 aromatic rings. The Morgan fingerprint density at radius 1 is 0.885 bits per heavy atom. The number of esters is 2. The Morgan fingerprint density at radius 3 is 1.62 bits per heavy atom. The first-order valence-corrected chi connectivity index (χ1v) is 9.02. The van der Waals surface area contributed by atoms with Crippen LogP contribution < -0.4 is 0 Å². The summed E-state index contributed by atoms with van der Waals surface area (Å²) in [5, 5.41) is 9.69. The lowest BCUT2D eigenvalue weighted by molar-refractivity contribution is 0.0591. The van der Waals surface area contributed by atoms with Crippen molar-refractivity contribution < 1.29 is 24.2 Å². The quantitative estimate of drug-likeness (QED) is 0.596. The van der Waals surface area contributed by atoms with E-state index in [2.05, 4.69) is 25.4 Å². The van der Waals surface area contributed by atoms with E-state index in [1.807, 2.05) is 26.0 Å². The largest absolute Gasteiger partial charge is 0.465 e. The van der Waals surface area contributed by atoms with Gasteiger partial charge in [-0.25, -0.2) is 9.59 Å². The Kier molecular flexibility index (Phi) is 9.02. The molecule has 2 rings (SSSR count). The van der Waals surface area contributed by atoms with Crippen molar-refractivity contribution in [1.82, 2.24) is 0 Å². The number of halogens is 1. The van der Waals surface area contributed by atoms with Gasteiger partial charge in [0.05, 0.1) is 32.0 Å². The molecule has 0 radical (unpaired) electrons. The molecule has 0 heterocycles. The van der Waals surface area contributed by atoms with Gasteiger partial charge in [-0.15, -0.1) is 0 Å². The number of alkyl halides is 1. The summed E-state index contributed by atoms with van der Waals surface area (Å²) in [7, 11) is 2.73. The van der Waals surface area contributed by atoms with E-state index in [4.69, 9.17) is 5.11 Å². The first-order chi connectivity index (χ1) is 12.4. The number of hydrogen-bond acceptors (Lipinski definition) is 5. The van der Waals surface area contributed by atoms with Gasteiger partial charge in [0.1, 0.15) is 0 Å². The van der Waals surface area contributed by atoms with Gasteiger partial charge >= 0.3 is 11.9 Å². The highest BCUT2D eigenvalue weighted by molar-refractivity contribution is 9.08. The second-order valence-electron chi connectivity index (χ2n) is 5.56. The minimum atomic E-state index is -0.354. The van der Waals surface area contributed by atoms with E-state index >= 15 is 0 Å². The van der Waals surface area contributed by atoms with Crippen LogP contribution in [0.15, 0.2) is 36.4 Å². The Morgan fingerprint density at radius 2 is 1.31 bits per heavy atom. The molecule has 0 aliphatic carbocycles. The number of methoxy groups -OCH3 is 2. The van der Waals surface area contributed by atoms with Crippen molar-refractivity contribution >= 4 is 27.9 Å². The number of rotatable bonds is 4. The summed E-state index contributed by atoms with van der Waals surface area (Å²) in [6.07, 6.45) is 0. The third-order valence-corrected chi connectivity index (χ3v) is 4.45. The SMILES string of the molecule is COC(=O)c1ccc(CBr)c(C)c1.COC(=O)c1ccc(CO)c(C)c1. The van der Waals surface area contributed by atoms with Crippen LogP contribution in [0, 0.1) is 13.8 Å². The fourth-order valence-corrected chi connectivity index (χ4v) is 2.84. The predicted octanol–water partition coefficient (Wildman–Crippen LogP) is 3.95. The first-order valence-electron chi connectivity index (χ1n) is 7.90. The number of hydrogen-bond donors (Lipinski definition) is 1. The van der Waals surface area contributed by atoms with E-state index in [-0.39, 0.29) is 18.5 Å². The van der Waals surface area contributed by atoms with E-state index in [1.54, 1.807) is 24.3 Å². The van der Waals surface area contributed by atoms with Crippen LogP contribution in [0.3, 0.4) is 0 Å². The molecule has 0 atom stereocenters. The third kappa shape index (κ3) is 5.97. The van der Waals surface area contributed by atoms with Crippen LogP contribution in [0.25, 0.3) is 0 Å². The molecule has 1 N–H and O–H groups in total. The monoisotopic (exact) mass is 422 g/mol. The van der Waals surface area contributed by atoms with Gasteiger partial charge in [0.25, 0.3) is 0 Å². The van der Waals surface area contributed by atoms with Crippen molar-refractivity contribution in [2.24, 2.45) is 0 Å². The number of benzene rings is 2. The van der Waals surface area contributed by atoms with Gasteiger partial charge in [-0.2, -0.15) is 0 Å². The van der Waals surface area contributed by atoms with E-state index < -0.39 is 0 Å². The van der Waals surface area contributed by atoms with Gasteiger partial charge in [0, 0.05) is 5.33 Å². The lowest BCUT2D eigenvalue weighted by Crippen LogP contribution is -2.02. The van der Waals surface area contributed by atoms with Crippen molar-refractivity contribution in [3.63, 3.8) is 0 Å². The fourth-order valence-electron chi connectivity index (χ4n) is 2.21. The van der Waals surface area contributed by atoms with Crippen LogP contribution in [0.4, 0.5) is 0 Å². The number of aliphatic hydroxyl groups excluding tert-OH is 1. The lowest BCUT2D eigenvalue weighted by Gasteiger charge is -2.04. The summed E-state index contributed by atoms with van der Waals surface area (Å²) in [4.78, 5) is 22.2. The predicted molar refractivity (Wildman–Crippen MR) is 104 cm³/mol. The summed E-state index contributed by atoms with van der Waals surface area (Å²) < 4.78 is 9.18. The van der Waals surface area contributed by atoms with Crippen LogP contribution in [0.2, 0.25) is 0 Å². The van der Waals surface area contributed by atoms with Crippen molar-refractivity contribution in [2.45, 2.75) is 25.8 Å². The van der Waals surface area contributed by atoms with Gasteiger partial charge in [-0.05, 0) is 60.4 Å². The highest BCUT2D eigenvalue weighted by Crippen LogP contribution is 2.14. The Balaban J connectivity index is 0.000000260. The summed E-state index contributed by atoms with van der Waals surface area (Å²) in [5.41, 5.74) is 5.12. The zero-order valence-electron chi connectivity index (χ0n) is 15.3. The molecule has 0 unspecified atom stereocenters. The molecule has 2 aromatic carbocycles. The van der Waals surface area contributed by atoms with E-state index in [0.717, 1.165) is 22.0 Å². The molecule has 5 nitrogen and oxygen atoms in total. The topological polar surface area (TPSA) is 72.8 Å². The molecule has 6 heteroatoms. The van der Waals surface area contributed by atoms with Crippen LogP contribution in [-0.2, 0) is 21.4 Å². The average molecular weight is 423 g/mol. The molecule has 0 amide bonds. The van der Waals surface area contributed by atoms with Gasteiger partial charge in [-0.1, -0.05) is 28.1 Å². The highest BCUT2D eigenvalue weighted by Gasteiger charge is 2.07. The normalized spacial score (nSPS) is 9.77. The zero-order valence-corrected chi connectivity index (χ0v) is 16.9. The highest BCUT2D eigenvalue weighted by atomic mass is 79.9. The molecule has 0 aromatic heterocycles. The van der Waals surface area contributed by atoms with E-state index in [0.29, 0.717) is 11.1 Å². The second kappa shape index (κ2) is 10.7. The molecule has 140 valence electrons. The summed E-state index contributed by atoms with van der Waals surface area (Å²) in [6.45, 7) is 3.81. The van der Waals surface area contributed by atoms with Crippen LogP contribution in [0.1, 0.15) is 43.0 Å². The molecule has 26 heavy (non-hydrogen) atoms. The minimum absolute atomic E-state index is 0.00666. The molecule has 0 aliphatic rings. The maximum atomic E-state index is 11.1. The molecular weight excluding hydrogens is 400 g/mol. The van der Waals surface area contributed by atoms with Crippen LogP contribution in [0.5, 0.6) is 0 Å². The van der Waals surface area contributed by atoms with Crippen LogP contribution >= 0.6 is 15.9 Å². The van der Waals surface area contributed by atoms with Crippen molar-refractivity contribution in [1.29, 1.82) is 0 Å². The van der Waals surface area contributed by atoms with Crippen molar-refractivity contribution in [2.75, 3.05) is 14.2 Å². The minimum Gasteiger partial charge on any atom is -0.465 e. The smallest absolute Gasteiger partial charge is 0.337 e. The number of carbonyl (C=O) groups excluding carboxylic acids is 2. The Labute approximate surface area is 162 Å². The average Bonchev–Trinajstić information content (AvgIpc) is 2.67. The number of aryl methyl sites for hydroxylation is 2. The zero-order chi connectivity index (χ0) is 19.7. The Hall–Kier alpha value is -2.18. The van der Waals surface area contributed by atoms with Gasteiger partial charge in [0.2, 0.25) is 0 Å². The van der Waals surface area contributed by atoms with E-state index in [1.165, 1.54) is 19.8 Å². The standard InChI is InChI=1S/C10H11BrO2.C10H12O3/c2*1-7-5-8(10(12)13-2)3-4-9(7)6-11/h3-5H,6H2,1-2H3;3-5,11H,6H2,1-2H3. The third-order valence-electron chi connectivity index (χ3n) is 3.84. The number of aliphatic hydroxyl groups is 1. The maximum absolute atomic E-state index is 11.1. The molecule has 0 aliphatic heterocycles. The first kappa shape index (κ1) is 21.9. The summed E-state index contributed by atoms with van der Waals surface area (Å²) in [5.74, 6) is -0.642. The number of carbonyl (C=O) groups is 2. The van der Waals surface area contributed by atoms with Crippen molar-refractivity contribution in [3.05, 3.63) is 69.8 Å². The summed E-state index contributed by atoms with van der Waals surface area (Å²) in [6, 6.07) is 10.6. The van der Waals surface area contributed by atoms with Gasteiger partial charge in [0.15, 0.2) is 0 Å². The molecule has 0 saturated heterocycles. The molecule has 0 saturated carbocycles. The maximum Gasteiger partial charge on any atom is 0.337 e. The molecule has 0 bridgehead atoms. The van der Waals surface area contributed by atoms with E-state index in [9.17, 15) is 9.59 Å². The van der Waals surface area contributed by atoms with Gasteiger partial charge < -0.3 is 14.6 Å². The fraction of sp³-hybridized carbons (Fsp3) is 0.300. The molecule has 0 spiro atoms. The Bertz CT molecular complexity index is 705. The lowest BCUT2D eigenvalue weighted by atomic mass is 10.1. The van der Waals surface area contributed by atoms with Crippen LogP contribution in [-0.4, -0.2) is 31.3 Å². The number of ether oxygens (including phenoxy) is 2. The summed E-state index contributed by atoms with van der Waals surface area (Å²) >= 11 is 3.37. The molecular formula is C20H23BrO5. The van der Waals surface area contributed by atoms with Crippen molar-refractivity contribution in [3.8, 4) is 0 Å².